The molecular weight excluding hydrogens is 392 g/mol. The lowest BCUT2D eigenvalue weighted by molar-refractivity contribution is -0.125. The zero-order valence-electron chi connectivity index (χ0n) is 16.4. The Morgan fingerprint density at radius 2 is 2.00 bits per heavy atom. The first-order valence-corrected chi connectivity index (χ1v) is 10.1. The molecule has 0 aliphatic rings. The van der Waals surface area contributed by atoms with Gasteiger partial charge in [-0.15, -0.1) is 11.8 Å². The number of nitrogens with one attached hydrogen (secondary N) is 1. The number of ether oxygens (including phenoxy) is 1. The van der Waals surface area contributed by atoms with Gasteiger partial charge in [0.2, 0.25) is 0 Å². The van der Waals surface area contributed by atoms with Gasteiger partial charge in [-0.25, -0.2) is 4.79 Å². The molecule has 1 amide bonds. The fourth-order valence-electron chi connectivity index (χ4n) is 2.72. The number of nitrogens with zero attached hydrogens (tertiary/aromatic N) is 1. The third-order valence-corrected chi connectivity index (χ3v) is 5.44. The van der Waals surface area contributed by atoms with Crippen molar-refractivity contribution in [3.63, 3.8) is 0 Å². The molecule has 0 unspecified atom stereocenters. The van der Waals surface area contributed by atoms with E-state index in [4.69, 9.17) is 13.7 Å². The first kappa shape index (κ1) is 20.7. The van der Waals surface area contributed by atoms with Crippen LogP contribution in [0.5, 0.6) is 0 Å². The lowest BCUT2D eigenvalue weighted by Gasteiger charge is -2.12. The van der Waals surface area contributed by atoms with Crippen molar-refractivity contribution in [2.45, 2.75) is 37.5 Å². The van der Waals surface area contributed by atoms with Gasteiger partial charge in [-0.3, -0.25) is 4.79 Å². The van der Waals surface area contributed by atoms with Crippen LogP contribution in [0, 0.1) is 13.8 Å². The van der Waals surface area contributed by atoms with E-state index in [9.17, 15) is 9.59 Å². The van der Waals surface area contributed by atoms with Crippen LogP contribution in [-0.2, 0) is 15.3 Å². The van der Waals surface area contributed by atoms with Crippen molar-refractivity contribution < 1.29 is 23.3 Å². The van der Waals surface area contributed by atoms with Crippen LogP contribution in [0.25, 0.3) is 0 Å². The molecule has 0 radical (unpaired) electrons. The molecule has 0 spiro atoms. The third kappa shape index (κ3) is 5.29. The SMILES string of the molecule is Cc1noc(C)c1CSc1ccccc1C(=O)OCC(=O)N[C@H](C)c1ccco1. The molecule has 0 saturated carbocycles. The minimum Gasteiger partial charge on any atom is -0.467 e. The summed E-state index contributed by atoms with van der Waals surface area (Å²) in [6.07, 6.45) is 1.54. The van der Waals surface area contributed by atoms with Crippen molar-refractivity contribution in [1.29, 1.82) is 0 Å². The normalized spacial score (nSPS) is 11.8. The van der Waals surface area contributed by atoms with Crippen LogP contribution in [0.2, 0.25) is 0 Å². The first-order valence-electron chi connectivity index (χ1n) is 9.09. The molecule has 0 saturated heterocycles. The number of thioether (sulfide) groups is 1. The second-order valence-corrected chi connectivity index (χ2v) is 7.49. The number of carbonyl (C=O) groups is 2. The monoisotopic (exact) mass is 414 g/mol. The van der Waals surface area contributed by atoms with E-state index in [0.717, 1.165) is 21.9 Å². The van der Waals surface area contributed by atoms with Crippen LogP contribution < -0.4 is 5.32 Å². The average molecular weight is 414 g/mol. The number of aromatic nitrogens is 1. The van der Waals surface area contributed by atoms with E-state index in [1.807, 2.05) is 26.0 Å². The second-order valence-electron chi connectivity index (χ2n) is 6.47. The fourth-order valence-corrected chi connectivity index (χ4v) is 3.91. The number of rotatable bonds is 8. The highest BCUT2D eigenvalue weighted by atomic mass is 32.2. The van der Waals surface area contributed by atoms with Crippen molar-refractivity contribution in [3.05, 3.63) is 71.0 Å². The number of carbonyl (C=O) groups excluding carboxylic acids is 2. The maximum absolute atomic E-state index is 12.5. The molecule has 7 nitrogen and oxygen atoms in total. The van der Waals surface area contributed by atoms with Gasteiger partial charge in [-0.1, -0.05) is 17.3 Å². The Bertz CT molecular complexity index is 961. The van der Waals surface area contributed by atoms with Crippen LogP contribution in [0.1, 0.15) is 46.1 Å². The summed E-state index contributed by atoms with van der Waals surface area (Å²) < 4.78 is 15.6. The zero-order chi connectivity index (χ0) is 20.8. The summed E-state index contributed by atoms with van der Waals surface area (Å²) in [7, 11) is 0. The first-order chi connectivity index (χ1) is 14.0. The predicted molar refractivity (Wildman–Crippen MR) is 108 cm³/mol. The number of aryl methyl sites for hydroxylation is 2. The number of hydrogen-bond donors (Lipinski definition) is 1. The van der Waals surface area contributed by atoms with Crippen LogP contribution >= 0.6 is 11.8 Å². The lowest BCUT2D eigenvalue weighted by Crippen LogP contribution is -2.31. The van der Waals surface area contributed by atoms with Crippen molar-refractivity contribution in [2.24, 2.45) is 0 Å². The Balaban J connectivity index is 1.57. The Hall–Kier alpha value is -3.00. The minimum atomic E-state index is -0.548. The molecule has 0 aliphatic heterocycles. The topological polar surface area (TPSA) is 94.6 Å². The van der Waals surface area contributed by atoms with Crippen LogP contribution in [0.4, 0.5) is 0 Å². The molecule has 8 heteroatoms. The van der Waals surface area contributed by atoms with Crippen LogP contribution in [0.15, 0.2) is 56.5 Å². The summed E-state index contributed by atoms with van der Waals surface area (Å²) in [5.74, 6) is 1.06. The van der Waals surface area contributed by atoms with Crippen molar-refractivity contribution in [2.75, 3.05) is 6.61 Å². The molecule has 29 heavy (non-hydrogen) atoms. The fraction of sp³-hybridized carbons (Fsp3) is 0.286. The van der Waals surface area contributed by atoms with E-state index in [1.54, 1.807) is 31.2 Å². The molecule has 1 aromatic carbocycles. The van der Waals surface area contributed by atoms with Gasteiger partial charge in [0.15, 0.2) is 6.61 Å². The van der Waals surface area contributed by atoms with Gasteiger partial charge >= 0.3 is 5.97 Å². The van der Waals surface area contributed by atoms with Crippen molar-refractivity contribution in [1.82, 2.24) is 10.5 Å². The number of amides is 1. The van der Waals surface area contributed by atoms with Crippen LogP contribution in [-0.4, -0.2) is 23.6 Å². The number of benzene rings is 1. The molecule has 2 aromatic heterocycles. The number of hydrogen-bond acceptors (Lipinski definition) is 7. The van der Waals surface area contributed by atoms with E-state index in [0.29, 0.717) is 17.1 Å². The van der Waals surface area contributed by atoms with E-state index in [1.165, 1.54) is 18.0 Å². The van der Waals surface area contributed by atoms with Crippen molar-refractivity contribution in [3.8, 4) is 0 Å². The molecule has 3 aromatic rings. The van der Waals surface area contributed by atoms with E-state index in [-0.39, 0.29) is 12.6 Å². The molecule has 152 valence electrons. The Labute approximate surface area is 172 Å². The van der Waals surface area contributed by atoms with Gasteiger partial charge in [0.1, 0.15) is 11.5 Å². The summed E-state index contributed by atoms with van der Waals surface area (Å²) in [6.45, 7) is 5.17. The largest absolute Gasteiger partial charge is 0.467 e. The molecular formula is C21H22N2O5S. The van der Waals surface area contributed by atoms with Gasteiger partial charge in [0.25, 0.3) is 5.91 Å². The summed E-state index contributed by atoms with van der Waals surface area (Å²) in [5, 5.41) is 6.67. The molecule has 1 N–H and O–H groups in total. The summed E-state index contributed by atoms with van der Waals surface area (Å²) in [4.78, 5) is 25.4. The maximum atomic E-state index is 12.5. The molecule has 3 rings (SSSR count). The van der Waals surface area contributed by atoms with E-state index < -0.39 is 11.9 Å². The highest BCUT2D eigenvalue weighted by Crippen LogP contribution is 2.29. The Morgan fingerprint density at radius 1 is 1.21 bits per heavy atom. The summed E-state index contributed by atoms with van der Waals surface area (Å²) in [5.41, 5.74) is 2.25. The van der Waals surface area contributed by atoms with E-state index >= 15 is 0 Å². The number of furan rings is 1. The molecule has 0 aliphatic carbocycles. The van der Waals surface area contributed by atoms with Gasteiger partial charge in [0.05, 0.1) is 23.6 Å². The van der Waals surface area contributed by atoms with Gasteiger partial charge in [0, 0.05) is 16.2 Å². The molecule has 2 heterocycles. The summed E-state index contributed by atoms with van der Waals surface area (Å²) in [6, 6.07) is 10.3. The highest BCUT2D eigenvalue weighted by molar-refractivity contribution is 7.98. The zero-order valence-corrected chi connectivity index (χ0v) is 17.2. The van der Waals surface area contributed by atoms with E-state index in [2.05, 4.69) is 10.5 Å². The molecule has 1 atom stereocenters. The van der Waals surface area contributed by atoms with Crippen LogP contribution in [0.3, 0.4) is 0 Å². The quantitative estimate of drug-likeness (QED) is 0.436. The molecule has 0 fully saturated rings. The molecule has 0 bridgehead atoms. The third-order valence-electron chi connectivity index (χ3n) is 4.34. The van der Waals surface area contributed by atoms with Gasteiger partial charge in [-0.2, -0.15) is 0 Å². The minimum absolute atomic E-state index is 0.311. The standard InChI is InChI=1S/C21H22N2O5S/c1-13-17(15(3)28-23-13)12-29-19-9-5-4-7-16(19)21(25)27-11-20(24)22-14(2)18-8-6-10-26-18/h4-10,14H,11-12H2,1-3H3,(H,22,24)/t14-/m1/s1. The maximum Gasteiger partial charge on any atom is 0.339 e. The Morgan fingerprint density at radius 3 is 2.69 bits per heavy atom. The number of esters is 1. The van der Waals surface area contributed by atoms with Gasteiger partial charge in [-0.05, 0) is 45.0 Å². The summed E-state index contributed by atoms with van der Waals surface area (Å²) >= 11 is 1.49. The smallest absolute Gasteiger partial charge is 0.339 e. The van der Waals surface area contributed by atoms with Crippen molar-refractivity contribution >= 4 is 23.6 Å². The lowest BCUT2D eigenvalue weighted by atomic mass is 10.2. The average Bonchev–Trinajstić information content (AvgIpc) is 3.35. The highest BCUT2D eigenvalue weighted by Gasteiger charge is 2.18. The predicted octanol–water partition coefficient (Wildman–Crippen LogP) is 4.21. The second kappa shape index (κ2) is 9.47. The van der Waals surface area contributed by atoms with Gasteiger partial charge < -0.3 is 19.0 Å². The Kier molecular flexibility index (Phi) is 6.77.